The number of para-hydroxylation sites is 2. The Morgan fingerprint density at radius 1 is 0.957 bits per heavy atom. The molecule has 0 aliphatic heterocycles. The van der Waals surface area contributed by atoms with Crippen molar-refractivity contribution in [1.29, 1.82) is 0 Å². The molecule has 0 radical (unpaired) electrons. The molecular formula is C17H15BrO5. The van der Waals surface area contributed by atoms with E-state index in [2.05, 4.69) is 15.9 Å². The predicted molar refractivity (Wildman–Crippen MR) is 87.9 cm³/mol. The van der Waals surface area contributed by atoms with E-state index in [4.69, 9.17) is 14.2 Å². The first-order chi connectivity index (χ1) is 11.1. The van der Waals surface area contributed by atoms with Gasteiger partial charge < -0.3 is 14.2 Å². The molecule has 0 N–H and O–H groups in total. The first kappa shape index (κ1) is 17.0. The van der Waals surface area contributed by atoms with Crippen molar-refractivity contribution in [2.24, 2.45) is 0 Å². The number of methoxy groups -OCH3 is 1. The predicted octanol–water partition coefficient (Wildman–Crippen LogP) is 3.26. The van der Waals surface area contributed by atoms with Gasteiger partial charge in [0, 0.05) is 10.0 Å². The summed E-state index contributed by atoms with van der Waals surface area (Å²) in [5.74, 6) is 0.0353. The molecule has 120 valence electrons. The molecule has 0 spiro atoms. The Balaban J connectivity index is 1.84. The summed E-state index contributed by atoms with van der Waals surface area (Å²) >= 11 is 3.28. The molecule has 0 atom stereocenters. The van der Waals surface area contributed by atoms with E-state index in [-0.39, 0.29) is 19.0 Å². The van der Waals surface area contributed by atoms with Crippen molar-refractivity contribution in [2.75, 3.05) is 20.3 Å². The van der Waals surface area contributed by atoms with E-state index in [1.807, 2.05) is 0 Å². The van der Waals surface area contributed by atoms with E-state index >= 15 is 0 Å². The fourth-order valence-electron chi connectivity index (χ4n) is 1.83. The Kier molecular flexibility index (Phi) is 6.17. The maximum Gasteiger partial charge on any atom is 0.344 e. The highest BCUT2D eigenvalue weighted by Gasteiger charge is 2.13. The zero-order chi connectivity index (χ0) is 16.7. The third kappa shape index (κ3) is 4.82. The first-order valence-electron chi connectivity index (χ1n) is 6.81. The number of halogens is 1. The van der Waals surface area contributed by atoms with Crippen molar-refractivity contribution in [3.63, 3.8) is 0 Å². The molecule has 0 aliphatic rings. The SMILES string of the molecule is COc1ccccc1OCC(=O)OCC(=O)c1ccccc1Br. The van der Waals surface area contributed by atoms with Crippen molar-refractivity contribution in [1.82, 2.24) is 0 Å². The summed E-state index contributed by atoms with van der Waals surface area (Å²) in [6.07, 6.45) is 0. The topological polar surface area (TPSA) is 61.8 Å². The molecule has 0 aliphatic carbocycles. The Bertz CT molecular complexity index is 699. The highest BCUT2D eigenvalue weighted by atomic mass is 79.9. The van der Waals surface area contributed by atoms with E-state index in [1.165, 1.54) is 7.11 Å². The average Bonchev–Trinajstić information content (AvgIpc) is 2.58. The lowest BCUT2D eigenvalue weighted by Crippen LogP contribution is -2.19. The monoisotopic (exact) mass is 378 g/mol. The number of ketones is 1. The molecular weight excluding hydrogens is 364 g/mol. The van der Waals surface area contributed by atoms with Crippen LogP contribution >= 0.6 is 15.9 Å². The quantitative estimate of drug-likeness (QED) is 0.546. The molecule has 2 aromatic rings. The number of ether oxygens (including phenoxy) is 3. The molecule has 2 rings (SSSR count). The van der Waals surface area contributed by atoms with Gasteiger partial charge >= 0.3 is 5.97 Å². The summed E-state index contributed by atoms with van der Waals surface area (Å²) in [6.45, 7) is -0.639. The van der Waals surface area contributed by atoms with Crippen LogP contribution in [-0.4, -0.2) is 32.1 Å². The van der Waals surface area contributed by atoms with E-state index in [1.54, 1.807) is 48.5 Å². The highest BCUT2D eigenvalue weighted by molar-refractivity contribution is 9.10. The van der Waals surface area contributed by atoms with Crippen LogP contribution in [0, 0.1) is 0 Å². The minimum atomic E-state index is -0.628. The van der Waals surface area contributed by atoms with Gasteiger partial charge in [-0.1, -0.05) is 46.3 Å². The van der Waals surface area contributed by atoms with E-state index < -0.39 is 5.97 Å². The van der Waals surface area contributed by atoms with E-state index in [0.29, 0.717) is 21.5 Å². The van der Waals surface area contributed by atoms with Crippen molar-refractivity contribution in [3.05, 3.63) is 58.6 Å². The van der Waals surface area contributed by atoms with E-state index in [9.17, 15) is 9.59 Å². The number of Topliss-reactive ketones (excluding diaryl/α,β-unsaturated/α-hetero) is 1. The van der Waals surface area contributed by atoms with Crippen molar-refractivity contribution >= 4 is 27.7 Å². The third-order valence-corrected chi connectivity index (χ3v) is 3.64. The summed E-state index contributed by atoms with van der Waals surface area (Å²) in [7, 11) is 1.51. The van der Waals surface area contributed by atoms with Gasteiger partial charge in [-0.05, 0) is 18.2 Å². The molecule has 23 heavy (non-hydrogen) atoms. The summed E-state index contributed by atoms with van der Waals surface area (Å²) in [6, 6.07) is 13.9. The number of carbonyl (C=O) groups is 2. The Hall–Kier alpha value is -2.34. The van der Waals surface area contributed by atoms with Crippen LogP contribution < -0.4 is 9.47 Å². The first-order valence-corrected chi connectivity index (χ1v) is 7.60. The van der Waals surface area contributed by atoms with Gasteiger partial charge in [-0.15, -0.1) is 0 Å². The number of hydrogen-bond donors (Lipinski definition) is 0. The van der Waals surface area contributed by atoms with Gasteiger partial charge in [0.05, 0.1) is 7.11 Å². The summed E-state index contributed by atoms with van der Waals surface area (Å²) in [5.41, 5.74) is 0.464. The number of hydrogen-bond acceptors (Lipinski definition) is 5. The second kappa shape index (κ2) is 8.33. The molecule has 0 fully saturated rings. The second-order valence-corrected chi connectivity index (χ2v) is 5.36. The van der Waals surface area contributed by atoms with Crippen molar-refractivity contribution in [3.8, 4) is 11.5 Å². The van der Waals surface area contributed by atoms with Gasteiger partial charge in [-0.3, -0.25) is 4.79 Å². The van der Waals surface area contributed by atoms with Crippen LogP contribution in [0.4, 0.5) is 0 Å². The molecule has 6 heteroatoms. The van der Waals surface area contributed by atoms with Crippen LogP contribution in [0.15, 0.2) is 53.0 Å². The zero-order valence-electron chi connectivity index (χ0n) is 12.5. The lowest BCUT2D eigenvalue weighted by molar-refractivity contribution is -0.144. The van der Waals surface area contributed by atoms with Gasteiger partial charge in [0.2, 0.25) is 5.78 Å². The fourth-order valence-corrected chi connectivity index (χ4v) is 2.33. The van der Waals surface area contributed by atoms with Crippen LogP contribution in [-0.2, 0) is 9.53 Å². The number of carbonyl (C=O) groups excluding carboxylic acids is 2. The van der Waals surface area contributed by atoms with Crippen LogP contribution in [0.3, 0.4) is 0 Å². The molecule has 5 nitrogen and oxygen atoms in total. The minimum Gasteiger partial charge on any atom is -0.493 e. The highest BCUT2D eigenvalue weighted by Crippen LogP contribution is 2.25. The molecule has 0 saturated carbocycles. The van der Waals surface area contributed by atoms with Gasteiger partial charge in [-0.25, -0.2) is 4.79 Å². The Morgan fingerprint density at radius 3 is 2.30 bits per heavy atom. The molecule has 2 aromatic carbocycles. The van der Waals surface area contributed by atoms with Crippen molar-refractivity contribution < 1.29 is 23.8 Å². The van der Waals surface area contributed by atoms with Gasteiger partial charge in [0.1, 0.15) is 0 Å². The third-order valence-electron chi connectivity index (χ3n) is 2.95. The largest absolute Gasteiger partial charge is 0.493 e. The van der Waals surface area contributed by atoms with Crippen LogP contribution in [0.2, 0.25) is 0 Å². The van der Waals surface area contributed by atoms with Gasteiger partial charge in [0.15, 0.2) is 24.7 Å². The van der Waals surface area contributed by atoms with Gasteiger partial charge in [0.25, 0.3) is 0 Å². The van der Waals surface area contributed by atoms with Crippen LogP contribution in [0.25, 0.3) is 0 Å². The summed E-state index contributed by atoms with van der Waals surface area (Å²) in [5, 5.41) is 0. The second-order valence-electron chi connectivity index (χ2n) is 4.50. The lowest BCUT2D eigenvalue weighted by Gasteiger charge is -2.10. The Morgan fingerprint density at radius 2 is 1.61 bits per heavy atom. The minimum absolute atomic E-state index is 0.289. The molecule has 0 unspecified atom stereocenters. The van der Waals surface area contributed by atoms with Crippen molar-refractivity contribution in [2.45, 2.75) is 0 Å². The number of benzene rings is 2. The molecule has 0 aromatic heterocycles. The Labute approximate surface area is 142 Å². The standard InChI is InChI=1S/C17H15BrO5/c1-21-15-8-4-5-9-16(15)22-11-17(20)23-10-14(19)12-6-2-3-7-13(12)18/h2-9H,10-11H2,1H3. The number of esters is 1. The molecule has 0 heterocycles. The zero-order valence-corrected chi connectivity index (χ0v) is 14.0. The number of rotatable bonds is 7. The van der Waals surface area contributed by atoms with Crippen LogP contribution in [0.1, 0.15) is 10.4 Å². The molecule has 0 bridgehead atoms. The normalized spacial score (nSPS) is 10.0. The average molecular weight is 379 g/mol. The van der Waals surface area contributed by atoms with Gasteiger partial charge in [-0.2, -0.15) is 0 Å². The molecule has 0 amide bonds. The maximum atomic E-state index is 12.0. The lowest BCUT2D eigenvalue weighted by atomic mass is 10.1. The molecule has 0 saturated heterocycles. The summed E-state index contributed by atoms with van der Waals surface area (Å²) in [4.78, 5) is 23.7. The maximum absolute atomic E-state index is 12.0. The van der Waals surface area contributed by atoms with Crippen LogP contribution in [0.5, 0.6) is 11.5 Å². The summed E-state index contributed by atoms with van der Waals surface area (Å²) < 4.78 is 16.0. The van der Waals surface area contributed by atoms with E-state index in [0.717, 1.165) is 0 Å². The smallest absolute Gasteiger partial charge is 0.344 e. The fraction of sp³-hybridized carbons (Fsp3) is 0.176.